The molecule has 0 fully saturated rings. The third-order valence-corrected chi connectivity index (χ3v) is 5.55. The van der Waals surface area contributed by atoms with Crippen molar-refractivity contribution in [2.24, 2.45) is 0 Å². The number of fused-ring (bicyclic) bond motifs is 1. The van der Waals surface area contributed by atoms with Crippen LogP contribution in [0.5, 0.6) is 17.2 Å². The standard InChI is InChI=1S/C26H31FN2O6/c1-14(2)35-20-10-16-11-29(25(28)22(16)23(27)24(20)33-6)12-18(30)15-7-8-19(34-13-21(31)32)17(9-15)26(3,4)5/h7-10,14,28H,11-13H2,1-6H3,(H,31,32). The number of carboxylic acids is 1. The molecule has 0 radical (unpaired) electrons. The van der Waals surface area contributed by atoms with Crippen molar-refractivity contribution in [2.45, 2.75) is 52.7 Å². The maximum atomic E-state index is 15.2. The van der Waals surface area contributed by atoms with Gasteiger partial charge in [-0.3, -0.25) is 10.2 Å². The predicted molar refractivity (Wildman–Crippen MR) is 129 cm³/mol. The van der Waals surface area contributed by atoms with Gasteiger partial charge in [0.15, 0.2) is 29.7 Å². The maximum absolute atomic E-state index is 15.2. The van der Waals surface area contributed by atoms with Crippen molar-refractivity contribution in [3.63, 3.8) is 0 Å². The first-order valence-electron chi connectivity index (χ1n) is 11.3. The summed E-state index contributed by atoms with van der Waals surface area (Å²) in [4.78, 5) is 25.6. The molecule has 2 aromatic carbocycles. The molecule has 1 aliphatic heterocycles. The van der Waals surface area contributed by atoms with Crippen LogP contribution in [0.3, 0.4) is 0 Å². The van der Waals surface area contributed by atoms with E-state index >= 15 is 4.39 Å². The van der Waals surface area contributed by atoms with E-state index in [0.29, 0.717) is 22.4 Å². The molecule has 2 N–H and O–H groups in total. The molecule has 0 saturated carbocycles. The van der Waals surface area contributed by atoms with Crippen LogP contribution in [0.4, 0.5) is 4.39 Å². The van der Waals surface area contributed by atoms with E-state index in [0.717, 1.165) is 0 Å². The van der Waals surface area contributed by atoms with Crippen LogP contribution >= 0.6 is 0 Å². The summed E-state index contributed by atoms with van der Waals surface area (Å²) in [5, 5.41) is 17.4. The number of carbonyl (C=O) groups is 2. The smallest absolute Gasteiger partial charge is 0.341 e. The van der Waals surface area contributed by atoms with E-state index in [4.69, 9.17) is 24.7 Å². The van der Waals surface area contributed by atoms with Crippen LogP contribution in [0, 0.1) is 11.2 Å². The van der Waals surface area contributed by atoms with Gasteiger partial charge in [-0.05, 0) is 49.1 Å². The van der Waals surface area contributed by atoms with Gasteiger partial charge in [-0.25, -0.2) is 9.18 Å². The van der Waals surface area contributed by atoms with Crippen LogP contribution in [-0.4, -0.2) is 54.0 Å². The van der Waals surface area contributed by atoms with Crippen molar-refractivity contribution >= 4 is 17.6 Å². The Morgan fingerprint density at radius 3 is 2.46 bits per heavy atom. The second-order valence-corrected chi connectivity index (χ2v) is 9.69. The Bertz CT molecular complexity index is 1170. The zero-order valence-electron chi connectivity index (χ0n) is 20.8. The number of nitrogens with one attached hydrogen (secondary N) is 1. The Morgan fingerprint density at radius 1 is 1.20 bits per heavy atom. The number of ketones is 1. The first-order valence-corrected chi connectivity index (χ1v) is 11.3. The molecule has 0 amide bonds. The topological polar surface area (TPSA) is 109 Å². The SMILES string of the molecule is COc1c(OC(C)C)cc2c(c1F)C(=N)N(CC(=O)c1ccc(OCC(=O)O)c(C(C)(C)C)c1)C2. The summed E-state index contributed by atoms with van der Waals surface area (Å²) >= 11 is 0. The van der Waals surface area contributed by atoms with Crippen LogP contribution in [0.15, 0.2) is 24.3 Å². The average molecular weight is 487 g/mol. The predicted octanol–water partition coefficient (Wildman–Crippen LogP) is 4.41. The lowest BCUT2D eigenvalue weighted by molar-refractivity contribution is -0.139. The van der Waals surface area contributed by atoms with Gasteiger partial charge in [-0.2, -0.15) is 0 Å². The zero-order chi connectivity index (χ0) is 26.1. The number of halogens is 1. The Labute approximate surface area is 204 Å². The highest BCUT2D eigenvalue weighted by Gasteiger charge is 2.33. The van der Waals surface area contributed by atoms with Gasteiger partial charge in [0, 0.05) is 17.7 Å². The first-order chi connectivity index (χ1) is 16.3. The maximum Gasteiger partial charge on any atom is 0.341 e. The van der Waals surface area contributed by atoms with Crippen LogP contribution in [0.2, 0.25) is 0 Å². The van der Waals surface area contributed by atoms with Crippen molar-refractivity contribution < 1.29 is 33.3 Å². The first kappa shape index (κ1) is 26.0. The van der Waals surface area contributed by atoms with E-state index in [1.165, 1.54) is 12.0 Å². The van der Waals surface area contributed by atoms with Gasteiger partial charge < -0.3 is 24.2 Å². The number of hydrogen-bond acceptors (Lipinski definition) is 6. The lowest BCUT2D eigenvalue weighted by Gasteiger charge is -2.24. The summed E-state index contributed by atoms with van der Waals surface area (Å²) in [6, 6.07) is 6.49. The lowest BCUT2D eigenvalue weighted by atomic mass is 9.85. The van der Waals surface area contributed by atoms with E-state index in [2.05, 4.69) is 0 Å². The molecule has 0 aliphatic carbocycles. The van der Waals surface area contributed by atoms with E-state index < -0.39 is 23.8 Å². The molecular formula is C26H31FN2O6. The van der Waals surface area contributed by atoms with Crippen LogP contribution in [-0.2, 0) is 16.8 Å². The Hall–Kier alpha value is -3.62. The third kappa shape index (κ3) is 5.55. The van der Waals surface area contributed by atoms with E-state index in [-0.39, 0.29) is 47.9 Å². The highest BCUT2D eigenvalue weighted by atomic mass is 19.1. The molecule has 8 nitrogen and oxygen atoms in total. The van der Waals surface area contributed by atoms with E-state index in [1.807, 2.05) is 34.6 Å². The Morgan fingerprint density at radius 2 is 1.89 bits per heavy atom. The molecule has 1 aliphatic rings. The van der Waals surface area contributed by atoms with Crippen LogP contribution in [0.1, 0.15) is 61.7 Å². The number of aliphatic carboxylic acids is 1. The van der Waals surface area contributed by atoms with Crippen LogP contribution in [0.25, 0.3) is 0 Å². The fourth-order valence-corrected chi connectivity index (χ4v) is 3.97. The van der Waals surface area contributed by atoms with Gasteiger partial charge in [0.05, 0.1) is 25.3 Å². The van der Waals surface area contributed by atoms with Crippen molar-refractivity contribution in [3.8, 4) is 17.2 Å². The zero-order valence-corrected chi connectivity index (χ0v) is 20.8. The molecule has 0 saturated heterocycles. The molecule has 0 atom stereocenters. The summed E-state index contributed by atoms with van der Waals surface area (Å²) < 4.78 is 31.5. The summed E-state index contributed by atoms with van der Waals surface area (Å²) in [5.74, 6) is -1.56. The largest absolute Gasteiger partial charge is 0.490 e. The highest BCUT2D eigenvalue weighted by Crippen LogP contribution is 2.39. The summed E-state index contributed by atoms with van der Waals surface area (Å²) in [7, 11) is 1.34. The van der Waals surface area contributed by atoms with Gasteiger partial charge >= 0.3 is 5.97 Å². The summed E-state index contributed by atoms with van der Waals surface area (Å²) in [6.07, 6.45) is -0.195. The minimum Gasteiger partial charge on any atom is -0.490 e. The quantitative estimate of drug-likeness (QED) is 0.506. The van der Waals surface area contributed by atoms with Crippen molar-refractivity contribution in [1.82, 2.24) is 4.90 Å². The monoisotopic (exact) mass is 486 g/mol. The van der Waals surface area contributed by atoms with Gasteiger partial charge in [-0.15, -0.1) is 0 Å². The van der Waals surface area contributed by atoms with Gasteiger partial charge in [0.1, 0.15) is 11.6 Å². The molecule has 35 heavy (non-hydrogen) atoms. The number of carboxylic acid groups (broad SMARTS) is 1. The number of benzene rings is 2. The average Bonchev–Trinajstić information content (AvgIpc) is 3.06. The second kappa shape index (κ2) is 9.93. The summed E-state index contributed by atoms with van der Waals surface area (Å²) in [6.45, 7) is 9.01. The fourth-order valence-electron chi connectivity index (χ4n) is 3.97. The normalized spacial score (nSPS) is 13.1. The van der Waals surface area contributed by atoms with E-state index in [1.54, 1.807) is 24.3 Å². The minimum atomic E-state index is -1.09. The molecule has 188 valence electrons. The molecule has 2 aromatic rings. The third-order valence-electron chi connectivity index (χ3n) is 5.55. The lowest BCUT2D eigenvalue weighted by Crippen LogP contribution is -2.30. The summed E-state index contributed by atoms with van der Waals surface area (Å²) in [5.41, 5.74) is 1.31. The molecule has 0 unspecified atom stereocenters. The molecule has 0 aromatic heterocycles. The molecule has 0 spiro atoms. The molecule has 1 heterocycles. The van der Waals surface area contributed by atoms with Crippen molar-refractivity contribution in [2.75, 3.05) is 20.3 Å². The number of rotatable bonds is 9. The number of methoxy groups -OCH3 is 1. The van der Waals surface area contributed by atoms with Crippen molar-refractivity contribution in [3.05, 3.63) is 52.3 Å². The number of carbonyl (C=O) groups excluding carboxylic acids is 1. The number of nitrogens with zero attached hydrogens (tertiary/aromatic N) is 1. The fraction of sp³-hybridized carbons (Fsp3) is 0.423. The number of Topliss-reactive ketones (excluding diaryl/α,β-unsaturated/α-hetero) is 1. The molecule has 9 heteroatoms. The highest BCUT2D eigenvalue weighted by molar-refractivity contribution is 6.06. The minimum absolute atomic E-state index is 0.0675. The molecular weight excluding hydrogens is 455 g/mol. The van der Waals surface area contributed by atoms with E-state index in [9.17, 15) is 9.59 Å². The molecule has 0 bridgehead atoms. The number of ether oxygens (including phenoxy) is 3. The Balaban J connectivity index is 1.86. The number of amidine groups is 1. The van der Waals surface area contributed by atoms with Gasteiger partial charge in [0.25, 0.3) is 0 Å². The van der Waals surface area contributed by atoms with Gasteiger partial charge in [-0.1, -0.05) is 20.8 Å². The second-order valence-electron chi connectivity index (χ2n) is 9.69. The Kier molecular flexibility index (Phi) is 7.38. The van der Waals surface area contributed by atoms with Crippen molar-refractivity contribution in [1.29, 1.82) is 5.41 Å². The molecule has 3 rings (SSSR count). The number of hydrogen-bond donors (Lipinski definition) is 2. The van der Waals surface area contributed by atoms with Crippen LogP contribution < -0.4 is 14.2 Å². The van der Waals surface area contributed by atoms with Gasteiger partial charge in [0.2, 0.25) is 0 Å².